The lowest BCUT2D eigenvalue weighted by Crippen LogP contribution is -2.43. The van der Waals surface area contributed by atoms with Gasteiger partial charge in [-0.25, -0.2) is 0 Å². The van der Waals surface area contributed by atoms with Gasteiger partial charge in [0.25, 0.3) is 0 Å². The molecule has 2 aliphatic heterocycles. The summed E-state index contributed by atoms with van der Waals surface area (Å²) in [7, 11) is 5.42. The largest absolute Gasteiger partial charge is 0.497 e. The van der Waals surface area contributed by atoms with Gasteiger partial charge in [-0.3, -0.25) is 14.7 Å². The first kappa shape index (κ1) is 26.7. The predicted molar refractivity (Wildman–Crippen MR) is 140 cm³/mol. The van der Waals surface area contributed by atoms with Gasteiger partial charge < -0.3 is 24.1 Å². The fourth-order valence-electron chi connectivity index (χ4n) is 5.10. The van der Waals surface area contributed by atoms with Gasteiger partial charge in [0, 0.05) is 52.4 Å². The average Bonchev–Trinajstić information content (AvgIpc) is 3.25. The number of likely N-dealkylation sites (tertiary alicyclic amines) is 1. The SMILES string of the molecule is COc1ccc(CN(C)C[C@@]2(O)CCN(Cc3ccc(OCCN4CCOCC4)c(OC)c3)C2)cc1. The van der Waals surface area contributed by atoms with Crippen LogP contribution in [0.1, 0.15) is 17.5 Å². The second-order valence-electron chi connectivity index (χ2n) is 9.99. The summed E-state index contributed by atoms with van der Waals surface area (Å²) in [5, 5.41) is 11.3. The van der Waals surface area contributed by atoms with E-state index < -0.39 is 5.60 Å². The fourth-order valence-corrected chi connectivity index (χ4v) is 5.10. The van der Waals surface area contributed by atoms with E-state index in [0.717, 1.165) is 81.7 Å². The molecule has 1 N–H and O–H groups in total. The Morgan fingerprint density at radius 3 is 2.42 bits per heavy atom. The minimum atomic E-state index is -0.714. The highest BCUT2D eigenvalue weighted by molar-refractivity contribution is 5.43. The number of ether oxygens (including phenoxy) is 4. The second-order valence-corrected chi connectivity index (χ2v) is 9.99. The third-order valence-electron chi connectivity index (χ3n) is 6.99. The van der Waals surface area contributed by atoms with Gasteiger partial charge in [-0.2, -0.15) is 0 Å². The van der Waals surface area contributed by atoms with E-state index in [1.54, 1.807) is 14.2 Å². The van der Waals surface area contributed by atoms with Crippen molar-refractivity contribution in [1.29, 1.82) is 0 Å². The zero-order valence-electron chi connectivity index (χ0n) is 21.9. The molecular weight excluding hydrogens is 458 g/mol. The topological polar surface area (TPSA) is 66.9 Å². The van der Waals surface area contributed by atoms with E-state index in [1.807, 2.05) is 18.2 Å². The first-order chi connectivity index (χ1) is 17.5. The Kier molecular flexibility index (Phi) is 9.45. The van der Waals surface area contributed by atoms with E-state index in [0.29, 0.717) is 19.7 Å². The van der Waals surface area contributed by atoms with Gasteiger partial charge in [-0.15, -0.1) is 0 Å². The Bertz CT molecular complexity index is 951. The molecule has 36 heavy (non-hydrogen) atoms. The lowest BCUT2D eigenvalue weighted by atomic mass is 10.0. The van der Waals surface area contributed by atoms with Crippen molar-refractivity contribution in [2.45, 2.75) is 25.1 Å². The van der Waals surface area contributed by atoms with Gasteiger partial charge in [0.15, 0.2) is 11.5 Å². The van der Waals surface area contributed by atoms with Gasteiger partial charge in [-0.1, -0.05) is 18.2 Å². The number of β-amino-alcohol motifs (C(OH)–C–C–N with tert-alkyl or cyclic N) is 1. The minimum Gasteiger partial charge on any atom is -0.497 e. The zero-order chi connectivity index (χ0) is 25.4. The van der Waals surface area contributed by atoms with E-state index in [-0.39, 0.29) is 0 Å². The van der Waals surface area contributed by atoms with Crippen LogP contribution >= 0.6 is 0 Å². The van der Waals surface area contributed by atoms with Crippen molar-refractivity contribution in [3.63, 3.8) is 0 Å². The minimum absolute atomic E-state index is 0.624. The van der Waals surface area contributed by atoms with E-state index in [4.69, 9.17) is 18.9 Å². The van der Waals surface area contributed by atoms with Crippen LogP contribution in [0.25, 0.3) is 0 Å². The monoisotopic (exact) mass is 499 g/mol. The molecule has 2 heterocycles. The molecule has 0 spiro atoms. The number of methoxy groups -OCH3 is 2. The van der Waals surface area contributed by atoms with Crippen LogP contribution in [0.4, 0.5) is 0 Å². The summed E-state index contributed by atoms with van der Waals surface area (Å²) in [5.74, 6) is 2.38. The molecule has 8 nitrogen and oxygen atoms in total. The Balaban J connectivity index is 1.25. The van der Waals surface area contributed by atoms with Crippen molar-refractivity contribution >= 4 is 0 Å². The highest BCUT2D eigenvalue weighted by Gasteiger charge is 2.36. The van der Waals surface area contributed by atoms with Crippen LogP contribution in [0, 0.1) is 0 Å². The van der Waals surface area contributed by atoms with Crippen molar-refractivity contribution in [3.05, 3.63) is 53.6 Å². The molecule has 2 fully saturated rings. The average molecular weight is 500 g/mol. The normalized spacial score (nSPS) is 21.1. The molecular formula is C28H41N3O5. The first-order valence-electron chi connectivity index (χ1n) is 12.8. The number of likely N-dealkylation sites (N-methyl/N-ethyl adjacent to an activating group) is 1. The lowest BCUT2D eigenvalue weighted by Gasteiger charge is -2.29. The predicted octanol–water partition coefficient (Wildman–Crippen LogP) is 2.48. The van der Waals surface area contributed by atoms with Crippen LogP contribution in [-0.4, -0.2) is 106 Å². The lowest BCUT2D eigenvalue weighted by molar-refractivity contribution is 0.0162. The van der Waals surface area contributed by atoms with Crippen molar-refractivity contribution in [2.24, 2.45) is 0 Å². The molecule has 0 aromatic heterocycles. The number of hydrogen-bond donors (Lipinski definition) is 1. The Labute approximate surface area is 215 Å². The third kappa shape index (κ3) is 7.57. The Hall–Kier alpha value is -2.36. The summed E-state index contributed by atoms with van der Waals surface area (Å²) < 4.78 is 22.3. The van der Waals surface area contributed by atoms with Crippen molar-refractivity contribution in [1.82, 2.24) is 14.7 Å². The molecule has 2 aliphatic rings. The molecule has 0 bridgehead atoms. The first-order valence-corrected chi connectivity index (χ1v) is 12.8. The molecule has 0 saturated carbocycles. The molecule has 0 aliphatic carbocycles. The smallest absolute Gasteiger partial charge is 0.161 e. The van der Waals surface area contributed by atoms with Crippen molar-refractivity contribution in [3.8, 4) is 17.2 Å². The summed E-state index contributed by atoms with van der Waals surface area (Å²) in [5.41, 5.74) is 1.65. The van der Waals surface area contributed by atoms with Gasteiger partial charge in [0.2, 0.25) is 0 Å². The zero-order valence-corrected chi connectivity index (χ0v) is 21.9. The molecule has 0 unspecified atom stereocenters. The van der Waals surface area contributed by atoms with Gasteiger partial charge >= 0.3 is 0 Å². The van der Waals surface area contributed by atoms with E-state index in [1.165, 1.54) is 5.56 Å². The summed E-state index contributed by atoms with van der Waals surface area (Å²) in [6.07, 6.45) is 0.764. The van der Waals surface area contributed by atoms with Gasteiger partial charge in [0.05, 0.1) is 33.0 Å². The third-order valence-corrected chi connectivity index (χ3v) is 6.99. The number of benzene rings is 2. The van der Waals surface area contributed by atoms with E-state index in [9.17, 15) is 5.11 Å². The molecule has 0 amide bonds. The quantitative estimate of drug-likeness (QED) is 0.478. The molecule has 8 heteroatoms. The maximum Gasteiger partial charge on any atom is 0.161 e. The summed E-state index contributed by atoms with van der Waals surface area (Å²) in [4.78, 5) is 6.86. The number of rotatable bonds is 12. The standard InChI is InChI=1S/C28H41N3O5/c1-29(19-23-4-7-25(33-2)8-5-23)21-28(32)10-11-31(22-28)20-24-6-9-26(27(18-24)34-3)36-17-14-30-12-15-35-16-13-30/h4-9,18,32H,10-17,19-22H2,1-3H3/t28-/m0/s1. The molecule has 2 aromatic rings. The number of aliphatic hydroxyl groups is 1. The maximum atomic E-state index is 11.3. The fraction of sp³-hybridized carbons (Fsp3) is 0.571. The summed E-state index contributed by atoms with van der Waals surface area (Å²) >= 11 is 0. The molecule has 0 radical (unpaired) electrons. The van der Waals surface area contributed by atoms with Gasteiger partial charge in [-0.05, 0) is 48.9 Å². The van der Waals surface area contributed by atoms with Crippen LogP contribution in [0.2, 0.25) is 0 Å². The van der Waals surface area contributed by atoms with Crippen LogP contribution in [0.15, 0.2) is 42.5 Å². The molecule has 4 rings (SSSR count). The number of nitrogens with zero attached hydrogens (tertiary/aromatic N) is 3. The highest BCUT2D eigenvalue weighted by Crippen LogP contribution is 2.30. The number of hydrogen-bond acceptors (Lipinski definition) is 8. The summed E-state index contributed by atoms with van der Waals surface area (Å²) in [6, 6.07) is 14.2. The van der Waals surface area contributed by atoms with Crippen molar-refractivity contribution < 1.29 is 24.1 Å². The second kappa shape index (κ2) is 12.7. The van der Waals surface area contributed by atoms with Crippen LogP contribution < -0.4 is 14.2 Å². The molecule has 2 saturated heterocycles. The molecule has 198 valence electrons. The highest BCUT2D eigenvalue weighted by atomic mass is 16.5. The number of morpholine rings is 1. The van der Waals surface area contributed by atoms with E-state index >= 15 is 0 Å². The van der Waals surface area contributed by atoms with Crippen LogP contribution in [-0.2, 0) is 17.8 Å². The van der Waals surface area contributed by atoms with Crippen LogP contribution in [0.3, 0.4) is 0 Å². The van der Waals surface area contributed by atoms with E-state index in [2.05, 4.69) is 46.0 Å². The molecule has 1 atom stereocenters. The Morgan fingerprint density at radius 1 is 0.944 bits per heavy atom. The Morgan fingerprint density at radius 2 is 1.69 bits per heavy atom. The summed E-state index contributed by atoms with van der Waals surface area (Å²) in [6.45, 7) is 8.72. The van der Waals surface area contributed by atoms with Crippen LogP contribution in [0.5, 0.6) is 17.2 Å². The maximum absolute atomic E-state index is 11.3. The molecule has 2 aromatic carbocycles. The van der Waals surface area contributed by atoms with Gasteiger partial charge in [0.1, 0.15) is 12.4 Å². The van der Waals surface area contributed by atoms with Crippen molar-refractivity contribution in [2.75, 3.05) is 80.4 Å².